The normalized spacial score (nSPS) is 10.1. The summed E-state index contributed by atoms with van der Waals surface area (Å²) in [7, 11) is 0. The molecule has 0 spiro atoms. The molecule has 3 N–H and O–H groups in total. The number of amides is 1. The molecule has 0 aliphatic carbocycles. The van der Waals surface area contributed by atoms with Crippen LogP contribution in [0.3, 0.4) is 0 Å². The molecule has 1 amide bonds. The van der Waals surface area contributed by atoms with Crippen LogP contribution in [0.25, 0.3) is 0 Å². The first-order valence-corrected chi connectivity index (χ1v) is 5.76. The number of carboxylic acid groups (broad SMARTS) is 1. The van der Waals surface area contributed by atoms with Crippen molar-refractivity contribution in [1.29, 1.82) is 0 Å². The molecular formula is C13H13N3O3. The zero-order valence-electron chi connectivity index (χ0n) is 10.1. The predicted molar refractivity (Wildman–Crippen MR) is 68.9 cm³/mol. The van der Waals surface area contributed by atoms with Crippen LogP contribution in [-0.4, -0.2) is 27.2 Å². The maximum atomic E-state index is 11.9. The molecule has 1 aromatic carbocycles. The molecule has 6 heteroatoms. The van der Waals surface area contributed by atoms with Crippen LogP contribution in [0.15, 0.2) is 36.7 Å². The standard InChI is InChI=1S/C13H13N3O3/c17-12(18)6-5-9-3-1-2-4-11(9)16-13(19)10-7-14-15-8-10/h1-4,7-8H,5-6H2,(H,14,15)(H,16,19)(H,17,18). The number of benzene rings is 1. The summed E-state index contributed by atoms with van der Waals surface area (Å²) in [6.45, 7) is 0. The molecule has 0 radical (unpaired) electrons. The zero-order chi connectivity index (χ0) is 13.7. The van der Waals surface area contributed by atoms with Gasteiger partial charge in [0.15, 0.2) is 0 Å². The summed E-state index contributed by atoms with van der Waals surface area (Å²) >= 11 is 0. The summed E-state index contributed by atoms with van der Waals surface area (Å²) in [5, 5.41) is 17.7. The minimum absolute atomic E-state index is 0.0264. The second-order valence-corrected chi connectivity index (χ2v) is 3.99. The summed E-state index contributed by atoms with van der Waals surface area (Å²) in [5.41, 5.74) is 1.84. The third-order valence-electron chi connectivity index (χ3n) is 2.63. The van der Waals surface area contributed by atoms with Gasteiger partial charge in [0.1, 0.15) is 0 Å². The third-order valence-corrected chi connectivity index (χ3v) is 2.63. The maximum absolute atomic E-state index is 11.9. The molecule has 1 aromatic heterocycles. The van der Waals surface area contributed by atoms with Crippen molar-refractivity contribution in [3.8, 4) is 0 Å². The molecule has 19 heavy (non-hydrogen) atoms. The largest absolute Gasteiger partial charge is 0.481 e. The van der Waals surface area contributed by atoms with Gasteiger partial charge in [0.05, 0.1) is 11.8 Å². The lowest BCUT2D eigenvalue weighted by molar-refractivity contribution is -0.136. The van der Waals surface area contributed by atoms with E-state index in [1.807, 2.05) is 6.07 Å². The molecule has 1 heterocycles. The van der Waals surface area contributed by atoms with Gasteiger partial charge in [-0.3, -0.25) is 14.7 Å². The van der Waals surface area contributed by atoms with Crippen LogP contribution in [0.2, 0.25) is 0 Å². The molecule has 0 unspecified atom stereocenters. The lowest BCUT2D eigenvalue weighted by Crippen LogP contribution is -2.13. The number of anilines is 1. The Kier molecular flexibility index (Phi) is 3.92. The van der Waals surface area contributed by atoms with Crippen molar-refractivity contribution in [2.45, 2.75) is 12.8 Å². The van der Waals surface area contributed by atoms with Crippen LogP contribution in [-0.2, 0) is 11.2 Å². The minimum Gasteiger partial charge on any atom is -0.481 e. The number of carboxylic acids is 1. The van der Waals surface area contributed by atoms with Gasteiger partial charge in [-0.25, -0.2) is 0 Å². The number of H-pyrrole nitrogens is 1. The average Bonchev–Trinajstić information content (AvgIpc) is 2.91. The van der Waals surface area contributed by atoms with E-state index >= 15 is 0 Å². The van der Waals surface area contributed by atoms with Gasteiger partial charge < -0.3 is 10.4 Å². The van der Waals surface area contributed by atoms with Gasteiger partial charge in [-0.15, -0.1) is 0 Å². The average molecular weight is 259 g/mol. The number of aliphatic carboxylic acids is 1. The predicted octanol–water partition coefficient (Wildman–Crippen LogP) is 1.68. The first-order chi connectivity index (χ1) is 9.16. The van der Waals surface area contributed by atoms with Crippen molar-refractivity contribution in [2.24, 2.45) is 0 Å². The number of nitrogens with one attached hydrogen (secondary N) is 2. The topological polar surface area (TPSA) is 95.1 Å². The number of carbonyl (C=O) groups is 2. The van der Waals surface area contributed by atoms with Crippen molar-refractivity contribution in [1.82, 2.24) is 10.2 Å². The van der Waals surface area contributed by atoms with E-state index in [4.69, 9.17) is 5.11 Å². The molecule has 6 nitrogen and oxygen atoms in total. The summed E-state index contributed by atoms with van der Waals surface area (Å²) in [4.78, 5) is 22.5. The Bertz CT molecular complexity index is 579. The highest BCUT2D eigenvalue weighted by Crippen LogP contribution is 2.17. The van der Waals surface area contributed by atoms with Crippen LogP contribution >= 0.6 is 0 Å². The Labute approximate surface area is 109 Å². The van der Waals surface area contributed by atoms with Crippen molar-refractivity contribution in [2.75, 3.05) is 5.32 Å². The fourth-order valence-electron chi connectivity index (χ4n) is 1.67. The fraction of sp³-hybridized carbons (Fsp3) is 0.154. The summed E-state index contributed by atoms with van der Waals surface area (Å²) < 4.78 is 0. The Morgan fingerprint density at radius 3 is 2.79 bits per heavy atom. The molecule has 0 bridgehead atoms. The number of hydrogen-bond acceptors (Lipinski definition) is 3. The molecule has 0 saturated heterocycles. The molecule has 2 aromatic rings. The number of carbonyl (C=O) groups excluding carboxylic acids is 1. The van der Waals surface area contributed by atoms with E-state index in [2.05, 4.69) is 15.5 Å². The highest BCUT2D eigenvalue weighted by atomic mass is 16.4. The maximum Gasteiger partial charge on any atom is 0.303 e. The van der Waals surface area contributed by atoms with E-state index in [1.165, 1.54) is 12.4 Å². The summed E-state index contributed by atoms with van der Waals surface area (Å²) in [5.74, 6) is -1.15. The van der Waals surface area contributed by atoms with E-state index in [-0.39, 0.29) is 12.3 Å². The number of para-hydroxylation sites is 1. The van der Waals surface area contributed by atoms with Crippen molar-refractivity contribution in [3.05, 3.63) is 47.8 Å². The van der Waals surface area contributed by atoms with Crippen LogP contribution in [0.5, 0.6) is 0 Å². The number of aromatic amines is 1. The van der Waals surface area contributed by atoms with Gasteiger partial charge in [0, 0.05) is 18.3 Å². The molecular weight excluding hydrogens is 246 g/mol. The van der Waals surface area contributed by atoms with Crippen molar-refractivity contribution < 1.29 is 14.7 Å². The summed E-state index contributed by atoms with van der Waals surface area (Å²) in [6.07, 6.45) is 3.32. The third kappa shape index (κ3) is 3.41. The molecule has 0 fully saturated rings. The van der Waals surface area contributed by atoms with Gasteiger partial charge in [0.2, 0.25) is 0 Å². The minimum atomic E-state index is -0.865. The quantitative estimate of drug-likeness (QED) is 0.761. The van der Waals surface area contributed by atoms with Crippen LogP contribution in [0.4, 0.5) is 5.69 Å². The number of rotatable bonds is 5. The number of nitrogens with zero attached hydrogens (tertiary/aromatic N) is 1. The van der Waals surface area contributed by atoms with Crippen molar-refractivity contribution >= 4 is 17.6 Å². The lowest BCUT2D eigenvalue weighted by atomic mass is 10.1. The van der Waals surface area contributed by atoms with E-state index in [0.717, 1.165) is 5.56 Å². The van der Waals surface area contributed by atoms with Gasteiger partial charge in [0.25, 0.3) is 5.91 Å². The van der Waals surface area contributed by atoms with E-state index in [1.54, 1.807) is 18.2 Å². The molecule has 98 valence electrons. The van der Waals surface area contributed by atoms with E-state index in [0.29, 0.717) is 17.7 Å². The first-order valence-electron chi connectivity index (χ1n) is 5.76. The monoisotopic (exact) mass is 259 g/mol. The molecule has 0 saturated carbocycles. The Balaban J connectivity index is 2.11. The Morgan fingerprint density at radius 2 is 2.11 bits per heavy atom. The smallest absolute Gasteiger partial charge is 0.303 e. The van der Waals surface area contributed by atoms with Crippen molar-refractivity contribution in [3.63, 3.8) is 0 Å². The van der Waals surface area contributed by atoms with Gasteiger partial charge in [-0.2, -0.15) is 5.10 Å². The zero-order valence-corrected chi connectivity index (χ0v) is 10.1. The highest BCUT2D eigenvalue weighted by Gasteiger charge is 2.10. The van der Waals surface area contributed by atoms with E-state index < -0.39 is 5.97 Å². The number of aromatic nitrogens is 2. The molecule has 2 rings (SSSR count). The SMILES string of the molecule is O=C(O)CCc1ccccc1NC(=O)c1cn[nH]c1. The molecule has 0 aliphatic heterocycles. The molecule has 0 atom stereocenters. The van der Waals surface area contributed by atoms with Gasteiger partial charge in [-0.1, -0.05) is 18.2 Å². The second-order valence-electron chi connectivity index (χ2n) is 3.99. The summed E-state index contributed by atoms with van der Waals surface area (Å²) in [6, 6.07) is 7.14. The number of hydrogen-bond donors (Lipinski definition) is 3. The lowest BCUT2D eigenvalue weighted by Gasteiger charge is -2.09. The van der Waals surface area contributed by atoms with Gasteiger partial charge >= 0.3 is 5.97 Å². The highest BCUT2D eigenvalue weighted by molar-refractivity contribution is 6.04. The van der Waals surface area contributed by atoms with E-state index in [9.17, 15) is 9.59 Å². The second kappa shape index (κ2) is 5.81. The van der Waals surface area contributed by atoms with Crippen LogP contribution < -0.4 is 5.32 Å². The van der Waals surface area contributed by atoms with Gasteiger partial charge in [-0.05, 0) is 18.1 Å². The first kappa shape index (κ1) is 12.8. The van der Waals surface area contributed by atoms with Crippen LogP contribution in [0.1, 0.15) is 22.3 Å². The fourth-order valence-corrected chi connectivity index (χ4v) is 1.67. The Morgan fingerprint density at radius 1 is 1.32 bits per heavy atom. The molecule has 0 aliphatic rings. The number of aryl methyl sites for hydroxylation is 1. The van der Waals surface area contributed by atoms with Crippen LogP contribution in [0, 0.1) is 0 Å². The Hall–Kier alpha value is -2.63.